The minimum absolute atomic E-state index is 0. The van der Waals surface area contributed by atoms with Gasteiger partial charge >= 0.3 is 0 Å². The van der Waals surface area contributed by atoms with Gasteiger partial charge in [-0.1, -0.05) is 30.3 Å². The number of halogens is 1. The number of ether oxygens (including phenoxy) is 1. The van der Waals surface area contributed by atoms with Gasteiger partial charge in [-0.25, -0.2) is 0 Å². The summed E-state index contributed by atoms with van der Waals surface area (Å²) >= 11 is 0. The van der Waals surface area contributed by atoms with Crippen LogP contribution in [0.15, 0.2) is 48.5 Å². The van der Waals surface area contributed by atoms with Crippen LogP contribution in [0.3, 0.4) is 0 Å². The molecular formula is C20H25ClN2O. The molecule has 24 heavy (non-hydrogen) atoms. The first-order valence-electron chi connectivity index (χ1n) is 8.58. The summed E-state index contributed by atoms with van der Waals surface area (Å²) < 4.78 is 6.19. The van der Waals surface area contributed by atoms with Crippen molar-refractivity contribution in [2.24, 2.45) is 5.92 Å². The van der Waals surface area contributed by atoms with Gasteiger partial charge in [-0.2, -0.15) is 0 Å². The van der Waals surface area contributed by atoms with E-state index in [9.17, 15) is 0 Å². The Morgan fingerprint density at radius 2 is 1.79 bits per heavy atom. The van der Waals surface area contributed by atoms with Gasteiger partial charge in [0.1, 0.15) is 5.75 Å². The maximum Gasteiger partial charge on any atom is 0.150 e. The van der Waals surface area contributed by atoms with Crippen molar-refractivity contribution in [1.82, 2.24) is 4.90 Å². The maximum atomic E-state index is 6.19. The van der Waals surface area contributed by atoms with Gasteiger partial charge in [-0.05, 0) is 50.6 Å². The number of nitrogens with zero attached hydrogens (tertiary/aromatic N) is 2. The summed E-state index contributed by atoms with van der Waals surface area (Å²) in [4.78, 5) is 4.97. The van der Waals surface area contributed by atoms with Crippen molar-refractivity contribution in [2.75, 3.05) is 31.6 Å². The maximum absolute atomic E-state index is 6.19. The number of anilines is 1. The third-order valence-corrected chi connectivity index (χ3v) is 4.96. The summed E-state index contributed by atoms with van der Waals surface area (Å²) in [5, 5.41) is 0. The third kappa shape index (κ3) is 3.52. The van der Waals surface area contributed by atoms with Gasteiger partial charge in [-0.3, -0.25) is 0 Å². The molecule has 4 heteroatoms. The third-order valence-electron chi connectivity index (χ3n) is 4.96. The lowest BCUT2D eigenvalue weighted by molar-refractivity contribution is 0.212. The fourth-order valence-corrected chi connectivity index (χ4v) is 3.84. The van der Waals surface area contributed by atoms with Crippen molar-refractivity contribution in [2.45, 2.75) is 19.4 Å². The summed E-state index contributed by atoms with van der Waals surface area (Å²) in [5.74, 6) is 2.69. The van der Waals surface area contributed by atoms with Crippen LogP contribution in [0.4, 0.5) is 5.69 Å². The van der Waals surface area contributed by atoms with Gasteiger partial charge in [0.05, 0.1) is 5.69 Å². The van der Waals surface area contributed by atoms with E-state index in [-0.39, 0.29) is 12.4 Å². The molecule has 128 valence electrons. The lowest BCUT2D eigenvalue weighted by atomic mass is 9.97. The number of benzene rings is 2. The zero-order chi connectivity index (χ0) is 15.6. The number of likely N-dealkylation sites (tertiary alicyclic amines) is 1. The Kier molecular flexibility index (Phi) is 5.32. The monoisotopic (exact) mass is 344 g/mol. The Morgan fingerprint density at radius 1 is 1.04 bits per heavy atom. The first-order valence-corrected chi connectivity index (χ1v) is 8.58. The molecule has 1 fully saturated rings. The summed E-state index contributed by atoms with van der Waals surface area (Å²) in [6, 6.07) is 16.8. The van der Waals surface area contributed by atoms with E-state index < -0.39 is 0 Å². The molecule has 2 aliphatic heterocycles. The van der Waals surface area contributed by atoms with Crippen molar-refractivity contribution >= 4 is 18.1 Å². The van der Waals surface area contributed by atoms with E-state index in [0.29, 0.717) is 0 Å². The van der Waals surface area contributed by atoms with Crippen LogP contribution in [0.5, 0.6) is 11.5 Å². The molecule has 1 unspecified atom stereocenters. The van der Waals surface area contributed by atoms with Crippen LogP contribution < -0.4 is 9.64 Å². The molecular weight excluding hydrogens is 320 g/mol. The van der Waals surface area contributed by atoms with E-state index in [1.807, 2.05) is 6.07 Å². The Morgan fingerprint density at radius 3 is 2.62 bits per heavy atom. The van der Waals surface area contributed by atoms with E-state index in [2.05, 4.69) is 59.3 Å². The molecule has 4 rings (SSSR count). The van der Waals surface area contributed by atoms with Gasteiger partial charge in [0.25, 0.3) is 0 Å². The van der Waals surface area contributed by atoms with Crippen molar-refractivity contribution in [1.29, 1.82) is 0 Å². The zero-order valence-electron chi connectivity index (χ0n) is 14.1. The lowest BCUT2D eigenvalue weighted by Gasteiger charge is -2.34. The molecule has 0 N–H and O–H groups in total. The number of hydrogen-bond acceptors (Lipinski definition) is 3. The highest BCUT2D eigenvalue weighted by Crippen LogP contribution is 2.39. The lowest BCUT2D eigenvalue weighted by Crippen LogP contribution is -2.39. The standard InChI is InChI=1S/C20H24N2O.ClH/c1-21-12-6-7-16(13-21)14-22-15-17-8-2-4-10-19(17)23-20-11-5-3-9-18(20)22;/h2-5,8-11,16H,6-7,12-15H2,1H3;1H. The molecule has 0 aliphatic carbocycles. The van der Waals surface area contributed by atoms with Crippen LogP contribution in [0.25, 0.3) is 0 Å². The number of rotatable bonds is 2. The topological polar surface area (TPSA) is 15.7 Å². The van der Waals surface area contributed by atoms with Crippen LogP contribution in [0.1, 0.15) is 18.4 Å². The largest absolute Gasteiger partial charge is 0.455 e. The molecule has 2 aromatic carbocycles. The smallest absolute Gasteiger partial charge is 0.150 e. The Bertz CT molecular complexity index is 691. The Hall–Kier alpha value is -1.71. The SMILES string of the molecule is CN1CCCC(CN2Cc3ccccc3Oc3ccccc32)C1.Cl. The average Bonchev–Trinajstić information content (AvgIpc) is 2.71. The molecule has 3 nitrogen and oxygen atoms in total. The Balaban J connectivity index is 0.00000169. The van der Waals surface area contributed by atoms with E-state index in [1.165, 1.54) is 37.2 Å². The van der Waals surface area contributed by atoms with Crippen LogP contribution in [0, 0.1) is 5.92 Å². The van der Waals surface area contributed by atoms with Gasteiger partial charge in [0.15, 0.2) is 5.75 Å². The molecule has 2 aromatic rings. The predicted octanol–water partition coefficient (Wildman–Crippen LogP) is 4.56. The molecule has 0 bridgehead atoms. The number of piperidine rings is 1. The second-order valence-corrected chi connectivity index (χ2v) is 6.83. The van der Waals surface area contributed by atoms with Gasteiger partial charge in [0, 0.05) is 25.2 Å². The molecule has 2 heterocycles. The second kappa shape index (κ2) is 7.45. The molecule has 0 aromatic heterocycles. The molecule has 0 spiro atoms. The van der Waals surface area contributed by atoms with Crippen molar-refractivity contribution in [3.63, 3.8) is 0 Å². The molecule has 0 saturated carbocycles. The number of hydrogen-bond donors (Lipinski definition) is 0. The first kappa shape index (κ1) is 17.1. The van der Waals surface area contributed by atoms with Gasteiger partial charge in [0.2, 0.25) is 0 Å². The summed E-state index contributed by atoms with van der Waals surface area (Å²) in [5.41, 5.74) is 2.49. The van der Waals surface area contributed by atoms with Crippen LogP contribution in [0.2, 0.25) is 0 Å². The van der Waals surface area contributed by atoms with Crippen LogP contribution in [-0.4, -0.2) is 31.6 Å². The fraction of sp³-hybridized carbons (Fsp3) is 0.400. The minimum atomic E-state index is 0. The summed E-state index contributed by atoms with van der Waals surface area (Å²) in [7, 11) is 2.24. The minimum Gasteiger partial charge on any atom is -0.455 e. The van der Waals surface area contributed by atoms with E-state index in [1.54, 1.807) is 0 Å². The van der Waals surface area contributed by atoms with Gasteiger partial charge in [-0.15, -0.1) is 12.4 Å². The van der Waals surface area contributed by atoms with Crippen LogP contribution in [-0.2, 0) is 6.54 Å². The van der Waals surface area contributed by atoms with Crippen LogP contribution >= 0.6 is 12.4 Å². The zero-order valence-corrected chi connectivity index (χ0v) is 15.0. The van der Waals surface area contributed by atoms with Crippen molar-refractivity contribution < 1.29 is 4.74 Å². The molecule has 0 radical (unpaired) electrons. The number of fused-ring (bicyclic) bond motifs is 2. The summed E-state index contributed by atoms with van der Waals surface area (Å²) in [6.45, 7) is 4.45. The predicted molar refractivity (Wildman–Crippen MR) is 101 cm³/mol. The highest BCUT2D eigenvalue weighted by molar-refractivity contribution is 5.85. The number of para-hydroxylation sites is 3. The average molecular weight is 345 g/mol. The normalized spacial score (nSPS) is 20.2. The van der Waals surface area contributed by atoms with E-state index >= 15 is 0 Å². The summed E-state index contributed by atoms with van der Waals surface area (Å²) in [6.07, 6.45) is 2.63. The molecule has 1 saturated heterocycles. The van der Waals surface area contributed by atoms with E-state index in [4.69, 9.17) is 4.74 Å². The van der Waals surface area contributed by atoms with E-state index in [0.717, 1.165) is 30.5 Å². The first-order chi connectivity index (χ1) is 11.3. The second-order valence-electron chi connectivity index (χ2n) is 6.83. The molecule has 2 aliphatic rings. The van der Waals surface area contributed by atoms with Crippen molar-refractivity contribution in [3.05, 3.63) is 54.1 Å². The quantitative estimate of drug-likeness (QED) is 0.794. The van der Waals surface area contributed by atoms with Crippen molar-refractivity contribution in [3.8, 4) is 11.5 Å². The highest BCUT2D eigenvalue weighted by Gasteiger charge is 2.25. The molecule has 0 amide bonds. The van der Waals surface area contributed by atoms with Gasteiger partial charge < -0.3 is 14.5 Å². The molecule has 1 atom stereocenters. The highest BCUT2D eigenvalue weighted by atomic mass is 35.5. The fourth-order valence-electron chi connectivity index (χ4n) is 3.84. The Labute approximate surface area is 150 Å².